The molecule has 0 aliphatic carbocycles. The average molecular weight is 388 g/mol. The molecule has 0 bridgehead atoms. The number of amides is 1. The van der Waals surface area contributed by atoms with Gasteiger partial charge < -0.3 is 14.7 Å². The third-order valence-electron chi connectivity index (χ3n) is 4.67. The van der Waals surface area contributed by atoms with Crippen molar-refractivity contribution in [1.29, 1.82) is 0 Å². The van der Waals surface area contributed by atoms with E-state index in [2.05, 4.69) is 0 Å². The van der Waals surface area contributed by atoms with Gasteiger partial charge in [-0.15, -0.1) is 0 Å². The molecule has 1 heterocycles. The van der Waals surface area contributed by atoms with E-state index >= 15 is 0 Å². The molecule has 1 N–H and O–H groups in total. The van der Waals surface area contributed by atoms with Crippen LogP contribution in [-0.2, 0) is 15.2 Å². The number of hydrogen-bond acceptors (Lipinski definition) is 4. The Morgan fingerprint density at radius 3 is 2.59 bits per heavy atom. The summed E-state index contributed by atoms with van der Waals surface area (Å²) in [6, 6.07) is 12.5. The summed E-state index contributed by atoms with van der Waals surface area (Å²) in [5.74, 6) is 0.0246. The Morgan fingerprint density at radius 1 is 1.22 bits per heavy atom. The fraction of sp³-hybridized carbons (Fsp3) is 0.333. The Labute approximate surface area is 163 Å². The van der Waals surface area contributed by atoms with Gasteiger partial charge in [0, 0.05) is 23.6 Å². The van der Waals surface area contributed by atoms with E-state index in [0.717, 1.165) is 5.56 Å². The molecule has 0 unspecified atom stereocenters. The maximum Gasteiger partial charge on any atom is 0.264 e. The Hall–Kier alpha value is -2.37. The molecule has 1 amide bonds. The normalized spacial score (nSPS) is 18.5. The van der Waals surface area contributed by atoms with Gasteiger partial charge in [0.2, 0.25) is 0 Å². The second-order valence-corrected chi connectivity index (χ2v) is 7.26. The molecule has 0 radical (unpaired) electrons. The molecular weight excluding hydrogens is 366 g/mol. The van der Waals surface area contributed by atoms with Gasteiger partial charge in [-0.3, -0.25) is 9.59 Å². The Kier molecular flexibility index (Phi) is 5.53. The number of fused-ring (bicyclic) bond motifs is 1. The number of hydrogen-bond donors (Lipinski definition) is 1. The number of benzene rings is 2. The minimum Gasteiger partial charge on any atom is -0.494 e. The quantitative estimate of drug-likeness (QED) is 0.737. The van der Waals surface area contributed by atoms with Crippen molar-refractivity contribution in [1.82, 2.24) is 0 Å². The van der Waals surface area contributed by atoms with Crippen molar-refractivity contribution in [3.05, 3.63) is 58.6 Å². The van der Waals surface area contributed by atoms with Crippen molar-refractivity contribution in [2.75, 3.05) is 18.1 Å². The summed E-state index contributed by atoms with van der Waals surface area (Å²) in [5, 5.41) is 11.6. The smallest absolute Gasteiger partial charge is 0.264 e. The lowest BCUT2D eigenvalue weighted by atomic mass is 9.89. The van der Waals surface area contributed by atoms with Crippen LogP contribution in [0.25, 0.3) is 0 Å². The zero-order chi connectivity index (χ0) is 19.6. The van der Waals surface area contributed by atoms with Crippen molar-refractivity contribution in [3.63, 3.8) is 0 Å². The summed E-state index contributed by atoms with van der Waals surface area (Å²) in [6.07, 6.45) is 0.359. The first-order chi connectivity index (χ1) is 12.8. The maximum atomic E-state index is 12.9. The van der Waals surface area contributed by atoms with Crippen LogP contribution in [-0.4, -0.2) is 29.9 Å². The number of ketones is 1. The first-order valence-corrected chi connectivity index (χ1v) is 9.23. The van der Waals surface area contributed by atoms with Crippen LogP contribution in [0.5, 0.6) is 5.75 Å². The maximum absolute atomic E-state index is 12.9. The number of rotatable bonds is 7. The molecule has 0 fully saturated rings. The van der Waals surface area contributed by atoms with Gasteiger partial charge in [-0.25, -0.2) is 0 Å². The molecule has 2 aromatic rings. The van der Waals surface area contributed by atoms with Crippen LogP contribution in [0.2, 0.25) is 5.02 Å². The average Bonchev–Trinajstić information content (AvgIpc) is 2.82. The highest BCUT2D eigenvalue weighted by Crippen LogP contribution is 2.44. The lowest BCUT2D eigenvalue weighted by molar-refractivity contribution is -0.141. The minimum absolute atomic E-state index is 0.222. The van der Waals surface area contributed by atoms with Gasteiger partial charge in [-0.2, -0.15) is 0 Å². The van der Waals surface area contributed by atoms with Gasteiger partial charge in [0.15, 0.2) is 5.60 Å². The summed E-state index contributed by atoms with van der Waals surface area (Å²) in [5.41, 5.74) is 0.294. The van der Waals surface area contributed by atoms with E-state index in [0.29, 0.717) is 41.6 Å². The fourth-order valence-electron chi connectivity index (χ4n) is 3.48. The van der Waals surface area contributed by atoms with Gasteiger partial charge in [0.05, 0.1) is 12.3 Å². The zero-order valence-corrected chi connectivity index (χ0v) is 16.1. The van der Waals surface area contributed by atoms with E-state index in [9.17, 15) is 14.7 Å². The topological polar surface area (TPSA) is 66.8 Å². The van der Waals surface area contributed by atoms with Crippen LogP contribution in [0.4, 0.5) is 5.69 Å². The zero-order valence-electron chi connectivity index (χ0n) is 15.4. The number of carbonyl (C=O) groups is 2. The van der Waals surface area contributed by atoms with Crippen LogP contribution < -0.4 is 9.64 Å². The van der Waals surface area contributed by atoms with E-state index in [-0.39, 0.29) is 12.2 Å². The van der Waals surface area contributed by atoms with Crippen molar-refractivity contribution < 1.29 is 19.4 Å². The summed E-state index contributed by atoms with van der Waals surface area (Å²) in [7, 11) is 0. The van der Waals surface area contributed by atoms with E-state index in [1.165, 1.54) is 6.92 Å². The number of aliphatic hydroxyl groups is 1. The largest absolute Gasteiger partial charge is 0.494 e. The van der Waals surface area contributed by atoms with Gasteiger partial charge in [0.1, 0.15) is 11.5 Å². The first-order valence-electron chi connectivity index (χ1n) is 8.85. The first kappa shape index (κ1) is 19.4. The third kappa shape index (κ3) is 3.84. The monoisotopic (exact) mass is 387 g/mol. The predicted octanol–water partition coefficient (Wildman–Crippen LogP) is 3.63. The van der Waals surface area contributed by atoms with Gasteiger partial charge in [0.25, 0.3) is 5.91 Å². The summed E-state index contributed by atoms with van der Waals surface area (Å²) >= 11 is 5.85. The molecule has 6 heteroatoms. The van der Waals surface area contributed by atoms with E-state index in [4.69, 9.17) is 16.3 Å². The molecular formula is C21H22ClNO4. The van der Waals surface area contributed by atoms with E-state index in [1.807, 2.05) is 13.0 Å². The van der Waals surface area contributed by atoms with Crippen LogP contribution in [0.15, 0.2) is 42.5 Å². The van der Waals surface area contributed by atoms with Gasteiger partial charge in [-0.1, -0.05) is 29.8 Å². The number of Topliss-reactive ketones (excluding diaryl/α,β-unsaturated/α-hetero) is 1. The molecule has 0 saturated carbocycles. The number of carbonyl (C=O) groups excluding carboxylic acids is 2. The lowest BCUT2D eigenvalue weighted by Crippen LogP contribution is -2.42. The van der Waals surface area contributed by atoms with Crippen LogP contribution in [0.3, 0.4) is 0 Å². The van der Waals surface area contributed by atoms with Crippen LogP contribution >= 0.6 is 11.6 Å². The molecule has 5 nitrogen and oxygen atoms in total. The summed E-state index contributed by atoms with van der Waals surface area (Å²) in [6.45, 7) is 4.08. The lowest BCUT2D eigenvalue weighted by Gasteiger charge is -2.22. The highest BCUT2D eigenvalue weighted by Gasteiger charge is 2.50. The highest BCUT2D eigenvalue weighted by atomic mass is 35.5. The number of ether oxygens (including phenoxy) is 1. The second kappa shape index (κ2) is 7.71. The molecule has 0 spiro atoms. The predicted molar refractivity (Wildman–Crippen MR) is 104 cm³/mol. The number of halogens is 1. The highest BCUT2D eigenvalue weighted by molar-refractivity contribution is 6.30. The van der Waals surface area contributed by atoms with Gasteiger partial charge >= 0.3 is 0 Å². The standard InChI is InChI=1S/C21H22ClNO4/c1-14-5-3-6-18-19(14)23(20(25)21(18,26)13-15(2)24)11-4-12-27-17-9-7-16(22)8-10-17/h3,5-10,26H,4,11-13H2,1-2H3/t21-/m1/s1. The number of para-hydroxylation sites is 1. The third-order valence-corrected chi connectivity index (χ3v) is 4.92. The van der Waals surface area contributed by atoms with Crippen molar-refractivity contribution in [3.8, 4) is 5.75 Å². The fourth-order valence-corrected chi connectivity index (χ4v) is 3.60. The number of nitrogens with zero attached hydrogens (tertiary/aromatic N) is 1. The Balaban J connectivity index is 1.73. The molecule has 1 atom stereocenters. The van der Waals surface area contributed by atoms with Gasteiger partial charge in [-0.05, 0) is 50.1 Å². The molecule has 2 aromatic carbocycles. The molecule has 1 aliphatic heterocycles. The van der Waals surface area contributed by atoms with Crippen molar-refractivity contribution in [2.45, 2.75) is 32.3 Å². The molecule has 0 aromatic heterocycles. The number of aryl methyl sites for hydroxylation is 1. The second-order valence-electron chi connectivity index (χ2n) is 6.82. The molecule has 1 aliphatic rings. The molecule has 0 saturated heterocycles. The Bertz CT molecular complexity index is 865. The summed E-state index contributed by atoms with van der Waals surface area (Å²) in [4.78, 5) is 26.1. The summed E-state index contributed by atoms with van der Waals surface area (Å²) < 4.78 is 5.68. The SMILES string of the molecule is CC(=O)C[C@]1(O)C(=O)N(CCCOc2ccc(Cl)cc2)c2c(C)cccc21. The minimum atomic E-state index is -1.79. The van der Waals surface area contributed by atoms with E-state index < -0.39 is 11.5 Å². The van der Waals surface area contributed by atoms with Crippen molar-refractivity contribution >= 4 is 29.0 Å². The van der Waals surface area contributed by atoms with Crippen LogP contribution in [0.1, 0.15) is 30.9 Å². The molecule has 142 valence electrons. The van der Waals surface area contributed by atoms with Crippen molar-refractivity contribution in [2.24, 2.45) is 0 Å². The molecule has 27 heavy (non-hydrogen) atoms. The van der Waals surface area contributed by atoms with E-state index in [1.54, 1.807) is 41.3 Å². The Morgan fingerprint density at radius 2 is 1.93 bits per heavy atom. The van der Waals surface area contributed by atoms with Crippen LogP contribution in [0, 0.1) is 6.92 Å². The molecule has 3 rings (SSSR count). The number of anilines is 1.